The second-order valence-electron chi connectivity index (χ2n) is 9.46. The SMILES string of the molecule is CN(C)C1=C(C#N)C(C2CCCCC2=O)c2c(c3ccccc3n2C)N1c1ccc([N+](=O)[O-])cc1. The number of fused-ring (bicyclic) bond motifs is 3. The van der Waals surface area contributed by atoms with Crippen LogP contribution in [0.15, 0.2) is 59.9 Å². The number of hydrogen-bond donors (Lipinski definition) is 0. The van der Waals surface area contributed by atoms with Crippen molar-refractivity contribution in [3.63, 3.8) is 0 Å². The average Bonchev–Trinajstić information content (AvgIpc) is 3.15. The molecule has 8 nitrogen and oxygen atoms in total. The number of nitro groups is 1. The van der Waals surface area contributed by atoms with E-state index in [4.69, 9.17) is 0 Å². The molecule has 0 N–H and O–H groups in total. The number of rotatable bonds is 4. The van der Waals surface area contributed by atoms with Gasteiger partial charge in [0.05, 0.1) is 33.5 Å². The number of carbonyl (C=O) groups is 1. The van der Waals surface area contributed by atoms with E-state index in [0.29, 0.717) is 17.8 Å². The lowest BCUT2D eigenvalue weighted by atomic mass is 9.72. The van der Waals surface area contributed by atoms with Crippen LogP contribution in [0.4, 0.5) is 17.1 Å². The molecule has 1 aromatic heterocycles. The zero-order valence-corrected chi connectivity index (χ0v) is 20.1. The Bertz CT molecular complexity index is 1410. The molecule has 0 radical (unpaired) electrons. The van der Waals surface area contributed by atoms with Crippen LogP contribution in [0.25, 0.3) is 10.9 Å². The summed E-state index contributed by atoms with van der Waals surface area (Å²) in [4.78, 5) is 28.0. The topological polar surface area (TPSA) is 95.4 Å². The fourth-order valence-electron chi connectivity index (χ4n) is 5.78. The lowest BCUT2D eigenvalue weighted by Gasteiger charge is -2.41. The summed E-state index contributed by atoms with van der Waals surface area (Å²) in [6.45, 7) is 0. The molecule has 5 rings (SSSR count). The second-order valence-corrected chi connectivity index (χ2v) is 9.46. The molecule has 8 heteroatoms. The quantitative estimate of drug-likeness (QED) is 0.376. The van der Waals surface area contributed by atoms with Crippen LogP contribution in [-0.4, -0.2) is 34.3 Å². The number of non-ortho nitro benzene ring substituents is 1. The smallest absolute Gasteiger partial charge is 0.269 e. The maximum Gasteiger partial charge on any atom is 0.269 e. The van der Waals surface area contributed by atoms with Gasteiger partial charge in [-0.2, -0.15) is 5.26 Å². The van der Waals surface area contributed by atoms with E-state index in [0.717, 1.165) is 47.2 Å². The number of hydrogen-bond acceptors (Lipinski definition) is 6. The lowest BCUT2D eigenvalue weighted by Crippen LogP contribution is -2.38. The van der Waals surface area contributed by atoms with Crippen molar-refractivity contribution in [2.75, 3.05) is 19.0 Å². The average molecular weight is 470 g/mol. The Hall–Kier alpha value is -4.12. The first-order valence-electron chi connectivity index (χ1n) is 11.8. The highest BCUT2D eigenvalue weighted by atomic mass is 16.6. The van der Waals surface area contributed by atoms with Gasteiger partial charge < -0.3 is 9.47 Å². The third kappa shape index (κ3) is 3.46. The standard InChI is InChI=1S/C27H27N5O3/c1-29(2)27-21(16-28)24(20-9-5-7-11-23(20)33)26-25(19-8-4-6-10-22(19)30(26)3)31(27)17-12-14-18(15-13-17)32(34)35/h4,6,8,10,12-15,20,24H,5,7,9,11H2,1-3H3. The van der Waals surface area contributed by atoms with Crippen molar-refractivity contribution >= 4 is 33.7 Å². The van der Waals surface area contributed by atoms with Crippen LogP contribution < -0.4 is 4.90 Å². The summed E-state index contributed by atoms with van der Waals surface area (Å²) in [5, 5.41) is 22.8. The molecule has 2 aromatic carbocycles. The first kappa shape index (κ1) is 22.7. The molecule has 3 aromatic rings. The summed E-state index contributed by atoms with van der Waals surface area (Å²) in [6, 6.07) is 16.9. The summed E-state index contributed by atoms with van der Waals surface area (Å²) in [7, 11) is 5.77. The van der Waals surface area contributed by atoms with Crippen LogP contribution in [0.1, 0.15) is 37.3 Å². The van der Waals surface area contributed by atoms with Gasteiger partial charge in [0.25, 0.3) is 5.69 Å². The summed E-state index contributed by atoms with van der Waals surface area (Å²) >= 11 is 0. The van der Waals surface area contributed by atoms with Gasteiger partial charge in [0, 0.05) is 62.6 Å². The first-order chi connectivity index (χ1) is 16.8. The number of nitriles is 1. The largest absolute Gasteiger partial charge is 0.363 e. The van der Waals surface area contributed by atoms with E-state index < -0.39 is 4.92 Å². The highest BCUT2D eigenvalue weighted by molar-refractivity contribution is 6.01. The number of aromatic nitrogens is 1. The van der Waals surface area contributed by atoms with Crippen molar-refractivity contribution in [1.82, 2.24) is 9.47 Å². The van der Waals surface area contributed by atoms with Crippen LogP contribution in [0.3, 0.4) is 0 Å². The zero-order chi connectivity index (χ0) is 24.9. The fraction of sp³-hybridized carbons (Fsp3) is 0.333. The van der Waals surface area contributed by atoms with Crippen molar-refractivity contribution in [2.24, 2.45) is 13.0 Å². The number of aryl methyl sites for hydroxylation is 1. The fourth-order valence-corrected chi connectivity index (χ4v) is 5.78. The molecule has 0 spiro atoms. The molecule has 0 saturated heterocycles. The van der Waals surface area contributed by atoms with Crippen molar-refractivity contribution in [3.8, 4) is 6.07 Å². The van der Waals surface area contributed by atoms with E-state index in [1.807, 2.05) is 49.1 Å². The summed E-state index contributed by atoms with van der Waals surface area (Å²) in [6.07, 6.45) is 3.16. The Morgan fingerprint density at radius 1 is 1.11 bits per heavy atom. The molecule has 1 saturated carbocycles. The van der Waals surface area contributed by atoms with Crippen LogP contribution in [0.5, 0.6) is 0 Å². The summed E-state index contributed by atoms with van der Waals surface area (Å²) in [5.74, 6) is 0.293. The minimum absolute atomic E-state index is 0.00507. The van der Waals surface area contributed by atoms with Gasteiger partial charge in [0.2, 0.25) is 0 Å². The predicted octanol–water partition coefficient (Wildman–Crippen LogP) is 5.38. The Morgan fingerprint density at radius 2 is 1.83 bits per heavy atom. The molecule has 1 aliphatic heterocycles. The molecule has 2 unspecified atom stereocenters. The van der Waals surface area contributed by atoms with Gasteiger partial charge in [0.1, 0.15) is 11.6 Å². The van der Waals surface area contributed by atoms with Gasteiger partial charge in [-0.05, 0) is 31.0 Å². The number of benzene rings is 2. The van der Waals surface area contributed by atoms with Crippen molar-refractivity contribution < 1.29 is 9.72 Å². The molecule has 0 bridgehead atoms. The zero-order valence-electron chi connectivity index (χ0n) is 20.1. The Balaban J connectivity index is 1.85. The van der Waals surface area contributed by atoms with Crippen LogP contribution >= 0.6 is 0 Å². The molecule has 178 valence electrons. The van der Waals surface area contributed by atoms with Crippen LogP contribution in [0.2, 0.25) is 0 Å². The summed E-state index contributed by atoms with van der Waals surface area (Å²) in [5.41, 5.74) is 4.14. The number of allylic oxidation sites excluding steroid dienone is 1. The number of nitrogens with zero attached hydrogens (tertiary/aromatic N) is 5. The number of nitro benzene ring substituents is 1. The van der Waals surface area contributed by atoms with Gasteiger partial charge in [-0.15, -0.1) is 0 Å². The second kappa shape index (κ2) is 8.58. The lowest BCUT2D eigenvalue weighted by molar-refractivity contribution is -0.384. The maximum atomic E-state index is 13.2. The third-order valence-electron chi connectivity index (χ3n) is 7.27. The minimum atomic E-state index is -0.419. The normalized spacial score (nSPS) is 20.1. The molecule has 2 heterocycles. The molecule has 2 aliphatic rings. The molecule has 35 heavy (non-hydrogen) atoms. The first-order valence-corrected chi connectivity index (χ1v) is 11.8. The Kier molecular flexibility index (Phi) is 5.56. The molecule has 1 aliphatic carbocycles. The molecule has 0 amide bonds. The number of carbonyl (C=O) groups excluding carboxylic acids is 1. The predicted molar refractivity (Wildman–Crippen MR) is 134 cm³/mol. The van der Waals surface area contributed by atoms with Gasteiger partial charge in [-0.25, -0.2) is 0 Å². The molecular formula is C27H27N5O3. The van der Waals surface area contributed by atoms with Gasteiger partial charge in [0.15, 0.2) is 0 Å². The summed E-state index contributed by atoms with van der Waals surface area (Å²) < 4.78 is 2.11. The number of Topliss-reactive ketones (excluding diaryl/α,β-unsaturated/α-hetero) is 1. The maximum absolute atomic E-state index is 13.2. The Labute approximate surface area is 203 Å². The number of ketones is 1. The van der Waals surface area contributed by atoms with Crippen LogP contribution in [0, 0.1) is 27.4 Å². The molecule has 2 atom stereocenters. The van der Waals surface area contributed by atoms with E-state index in [1.54, 1.807) is 12.1 Å². The highest BCUT2D eigenvalue weighted by Gasteiger charge is 2.45. The third-order valence-corrected chi connectivity index (χ3v) is 7.27. The van der Waals surface area contributed by atoms with E-state index in [2.05, 4.69) is 16.7 Å². The minimum Gasteiger partial charge on any atom is -0.363 e. The van der Waals surface area contributed by atoms with E-state index in [-0.39, 0.29) is 23.3 Å². The highest BCUT2D eigenvalue weighted by Crippen LogP contribution is 2.53. The van der Waals surface area contributed by atoms with Crippen molar-refractivity contribution in [2.45, 2.75) is 31.6 Å². The Morgan fingerprint density at radius 3 is 2.46 bits per heavy atom. The monoisotopic (exact) mass is 469 g/mol. The number of anilines is 2. The molecular weight excluding hydrogens is 442 g/mol. The van der Waals surface area contributed by atoms with Crippen molar-refractivity contribution in [1.29, 1.82) is 5.26 Å². The van der Waals surface area contributed by atoms with Gasteiger partial charge >= 0.3 is 0 Å². The van der Waals surface area contributed by atoms with E-state index in [9.17, 15) is 20.2 Å². The van der Waals surface area contributed by atoms with E-state index >= 15 is 0 Å². The van der Waals surface area contributed by atoms with Crippen molar-refractivity contribution in [3.05, 3.63) is 75.7 Å². The van der Waals surface area contributed by atoms with Gasteiger partial charge in [-0.1, -0.05) is 24.6 Å². The molecule has 1 fully saturated rings. The van der Waals surface area contributed by atoms with Gasteiger partial charge in [-0.3, -0.25) is 19.8 Å². The number of para-hydroxylation sites is 1. The van der Waals surface area contributed by atoms with E-state index in [1.165, 1.54) is 12.1 Å². The van der Waals surface area contributed by atoms with Crippen LogP contribution in [-0.2, 0) is 11.8 Å².